The van der Waals surface area contributed by atoms with Crippen molar-refractivity contribution in [2.75, 3.05) is 6.54 Å². The van der Waals surface area contributed by atoms with Crippen molar-refractivity contribution in [3.8, 4) is 0 Å². The van der Waals surface area contributed by atoms with Crippen LogP contribution in [0.4, 0.5) is 0 Å². The van der Waals surface area contributed by atoms with Gasteiger partial charge in [-0.25, -0.2) is 4.98 Å². The number of nitrogens with zero attached hydrogens (tertiary/aromatic N) is 1. The Morgan fingerprint density at radius 1 is 1.65 bits per heavy atom. The van der Waals surface area contributed by atoms with Gasteiger partial charge in [-0.3, -0.25) is 9.59 Å². The SMILES string of the molecule is CC(=O)NCCC(O)C(O)c1nc(C=O)cs1. The third-order valence-corrected chi connectivity index (χ3v) is 3.03. The molecule has 0 aliphatic heterocycles. The number of hydrogen-bond donors (Lipinski definition) is 3. The van der Waals surface area contributed by atoms with Gasteiger partial charge in [0.15, 0.2) is 6.29 Å². The van der Waals surface area contributed by atoms with Crippen molar-refractivity contribution in [3.63, 3.8) is 0 Å². The number of rotatable bonds is 6. The fourth-order valence-electron chi connectivity index (χ4n) is 1.21. The first-order chi connectivity index (χ1) is 8.04. The van der Waals surface area contributed by atoms with E-state index >= 15 is 0 Å². The van der Waals surface area contributed by atoms with Crippen molar-refractivity contribution in [1.82, 2.24) is 10.3 Å². The highest BCUT2D eigenvalue weighted by Crippen LogP contribution is 2.22. The largest absolute Gasteiger partial charge is 0.390 e. The van der Waals surface area contributed by atoms with Gasteiger partial charge in [0.05, 0.1) is 6.10 Å². The van der Waals surface area contributed by atoms with Crippen molar-refractivity contribution in [2.45, 2.75) is 25.6 Å². The summed E-state index contributed by atoms with van der Waals surface area (Å²) in [5.41, 5.74) is 0.234. The Balaban J connectivity index is 2.48. The number of aliphatic hydroxyl groups excluding tert-OH is 2. The highest BCUT2D eigenvalue weighted by Gasteiger charge is 2.21. The fraction of sp³-hybridized carbons (Fsp3) is 0.500. The zero-order valence-corrected chi connectivity index (χ0v) is 10.1. The molecule has 0 spiro atoms. The zero-order valence-electron chi connectivity index (χ0n) is 9.29. The van der Waals surface area contributed by atoms with Crippen LogP contribution in [0.3, 0.4) is 0 Å². The van der Waals surface area contributed by atoms with E-state index in [2.05, 4.69) is 10.3 Å². The number of aldehydes is 1. The molecule has 0 bridgehead atoms. The van der Waals surface area contributed by atoms with Crippen LogP contribution in [-0.4, -0.2) is 40.0 Å². The van der Waals surface area contributed by atoms with Crippen molar-refractivity contribution in [1.29, 1.82) is 0 Å². The van der Waals surface area contributed by atoms with E-state index in [1.165, 1.54) is 12.3 Å². The summed E-state index contributed by atoms with van der Waals surface area (Å²) in [4.78, 5) is 24.9. The minimum Gasteiger partial charge on any atom is -0.390 e. The molecule has 0 radical (unpaired) electrons. The summed E-state index contributed by atoms with van der Waals surface area (Å²) in [6.45, 7) is 1.65. The Morgan fingerprint density at radius 2 is 2.35 bits per heavy atom. The maximum Gasteiger partial charge on any atom is 0.216 e. The fourth-order valence-corrected chi connectivity index (χ4v) is 2.01. The number of aliphatic hydroxyl groups is 2. The molecule has 0 saturated carbocycles. The van der Waals surface area contributed by atoms with Crippen LogP contribution < -0.4 is 5.32 Å². The second kappa shape index (κ2) is 6.43. The minimum absolute atomic E-state index is 0.191. The Labute approximate surface area is 102 Å². The van der Waals surface area contributed by atoms with Gasteiger partial charge in [0, 0.05) is 18.8 Å². The number of nitrogens with one attached hydrogen (secondary N) is 1. The molecule has 17 heavy (non-hydrogen) atoms. The van der Waals surface area contributed by atoms with Crippen LogP contribution in [-0.2, 0) is 4.79 Å². The van der Waals surface area contributed by atoms with E-state index in [-0.39, 0.29) is 24.6 Å². The van der Waals surface area contributed by atoms with Crippen LogP contribution in [0, 0.1) is 0 Å². The molecule has 0 fully saturated rings. The minimum atomic E-state index is -1.14. The van der Waals surface area contributed by atoms with Crippen LogP contribution in [0.5, 0.6) is 0 Å². The smallest absolute Gasteiger partial charge is 0.216 e. The first-order valence-corrected chi connectivity index (χ1v) is 5.93. The number of carbonyl (C=O) groups excluding carboxylic acids is 2. The summed E-state index contributed by atoms with van der Waals surface area (Å²) in [5.74, 6) is -0.191. The summed E-state index contributed by atoms with van der Waals surface area (Å²) in [6.07, 6.45) is -1.36. The molecular formula is C10H14N2O4S. The molecule has 1 aromatic heterocycles. The lowest BCUT2D eigenvalue weighted by Crippen LogP contribution is -2.27. The lowest BCUT2D eigenvalue weighted by Gasteiger charge is -2.15. The molecule has 2 unspecified atom stereocenters. The normalized spacial score (nSPS) is 14.1. The molecule has 1 heterocycles. The Kier molecular flexibility index (Phi) is 5.20. The van der Waals surface area contributed by atoms with Gasteiger partial charge < -0.3 is 15.5 Å². The third-order valence-electron chi connectivity index (χ3n) is 2.09. The molecule has 1 aromatic rings. The number of carbonyl (C=O) groups is 2. The van der Waals surface area contributed by atoms with E-state index in [4.69, 9.17) is 0 Å². The molecule has 1 rings (SSSR count). The van der Waals surface area contributed by atoms with E-state index in [0.717, 1.165) is 11.3 Å². The predicted octanol–water partition coefficient (Wildman–Crippen LogP) is -0.124. The first kappa shape index (κ1) is 13.8. The maximum absolute atomic E-state index is 10.6. The van der Waals surface area contributed by atoms with Gasteiger partial charge in [-0.1, -0.05) is 0 Å². The Morgan fingerprint density at radius 3 is 2.88 bits per heavy atom. The monoisotopic (exact) mass is 258 g/mol. The number of amides is 1. The van der Waals surface area contributed by atoms with E-state index in [1.54, 1.807) is 0 Å². The first-order valence-electron chi connectivity index (χ1n) is 5.05. The summed E-state index contributed by atoms with van der Waals surface area (Å²) in [7, 11) is 0. The number of aromatic nitrogens is 1. The van der Waals surface area contributed by atoms with Gasteiger partial charge in [0.1, 0.15) is 16.8 Å². The molecule has 6 nitrogen and oxygen atoms in total. The van der Waals surface area contributed by atoms with Gasteiger partial charge in [0.2, 0.25) is 5.91 Å². The summed E-state index contributed by atoms with van der Waals surface area (Å²) < 4.78 is 0. The summed E-state index contributed by atoms with van der Waals surface area (Å²) >= 11 is 1.11. The van der Waals surface area contributed by atoms with Crippen LogP contribution in [0.25, 0.3) is 0 Å². The van der Waals surface area contributed by atoms with Gasteiger partial charge in [-0.05, 0) is 6.42 Å². The lowest BCUT2D eigenvalue weighted by molar-refractivity contribution is -0.119. The van der Waals surface area contributed by atoms with Crippen molar-refractivity contribution >= 4 is 23.5 Å². The highest BCUT2D eigenvalue weighted by molar-refractivity contribution is 7.09. The molecule has 0 aliphatic carbocycles. The van der Waals surface area contributed by atoms with E-state index in [1.807, 2.05) is 0 Å². The van der Waals surface area contributed by atoms with Gasteiger partial charge in [0.25, 0.3) is 0 Å². The molecule has 0 aromatic carbocycles. The topological polar surface area (TPSA) is 99.5 Å². The van der Waals surface area contributed by atoms with E-state index in [9.17, 15) is 19.8 Å². The van der Waals surface area contributed by atoms with Crippen LogP contribution in [0.1, 0.15) is 34.9 Å². The molecule has 7 heteroatoms. The molecule has 94 valence electrons. The quantitative estimate of drug-likeness (QED) is 0.618. The van der Waals surface area contributed by atoms with E-state index in [0.29, 0.717) is 11.3 Å². The molecule has 2 atom stereocenters. The standard InChI is InChI=1S/C10H14N2O4S/c1-6(14)11-3-2-8(15)9(16)10-12-7(4-13)5-17-10/h4-5,8-9,15-16H,2-3H2,1H3,(H,11,14). The van der Waals surface area contributed by atoms with Crippen LogP contribution in [0.2, 0.25) is 0 Å². The molecule has 0 saturated heterocycles. The molecule has 1 amide bonds. The van der Waals surface area contributed by atoms with E-state index < -0.39 is 12.2 Å². The Hall–Kier alpha value is -1.31. The van der Waals surface area contributed by atoms with Crippen molar-refractivity contribution < 1.29 is 19.8 Å². The maximum atomic E-state index is 10.6. The predicted molar refractivity (Wildman–Crippen MR) is 61.8 cm³/mol. The lowest BCUT2D eigenvalue weighted by atomic mass is 10.1. The van der Waals surface area contributed by atoms with Crippen LogP contribution >= 0.6 is 11.3 Å². The summed E-state index contributed by atoms with van der Waals surface area (Å²) in [6, 6.07) is 0. The molecule has 3 N–H and O–H groups in total. The Bertz CT molecular complexity index is 393. The highest BCUT2D eigenvalue weighted by atomic mass is 32.1. The number of hydrogen-bond acceptors (Lipinski definition) is 6. The van der Waals surface area contributed by atoms with Crippen LogP contribution in [0.15, 0.2) is 5.38 Å². The second-order valence-corrected chi connectivity index (χ2v) is 4.40. The van der Waals surface area contributed by atoms with Gasteiger partial charge in [-0.2, -0.15) is 0 Å². The van der Waals surface area contributed by atoms with Crippen molar-refractivity contribution in [3.05, 3.63) is 16.1 Å². The summed E-state index contributed by atoms with van der Waals surface area (Å²) in [5, 5.41) is 23.7. The molecular weight excluding hydrogens is 244 g/mol. The zero-order chi connectivity index (χ0) is 12.8. The average Bonchev–Trinajstić information content (AvgIpc) is 2.75. The van der Waals surface area contributed by atoms with Gasteiger partial charge in [-0.15, -0.1) is 11.3 Å². The number of thiazole rings is 1. The third kappa shape index (κ3) is 4.22. The van der Waals surface area contributed by atoms with Crippen molar-refractivity contribution in [2.24, 2.45) is 0 Å². The molecule has 0 aliphatic rings. The second-order valence-electron chi connectivity index (χ2n) is 3.51. The average molecular weight is 258 g/mol. The van der Waals surface area contributed by atoms with Gasteiger partial charge >= 0.3 is 0 Å².